The van der Waals surface area contributed by atoms with Crippen molar-refractivity contribution < 1.29 is 14.3 Å². The normalized spacial score (nSPS) is 15.6. The number of rotatable bonds is 9. The van der Waals surface area contributed by atoms with Gasteiger partial charge in [-0.25, -0.2) is 4.99 Å². The Hall–Kier alpha value is -2.32. The number of aliphatic imine (C=N–C) groups is 1. The summed E-state index contributed by atoms with van der Waals surface area (Å²) in [7, 11) is 3.43. The molecule has 1 aromatic rings. The van der Waals surface area contributed by atoms with Crippen molar-refractivity contribution in [2.45, 2.75) is 32.9 Å². The summed E-state index contributed by atoms with van der Waals surface area (Å²) < 4.78 is 11.1. The molecule has 0 aromatic heterocycles. The fourth-order valence-corrected chi connectivity index (χ4v) is 3.10. The van der Waals surface area contributed by atoms with Crippen molar-refractivity contribution in [3.8, 4) is 5.75 Å². The lowest BCUT2D eigenvalue weighted by Crippen LogP contribution is -2.56. The molecule has 1 aliphatic rings. The van der Waals surface area contributed by atoms with E-state index < -0.39 is 0 Å². The molecule has 0 aliphatic carbocycles. The number of hydrogen-bond acceptors (Lipinski definition) is 5. The monoisotopic (exact) mass is 419 g/mol. The topological polar surface area (TPSA) is 78.4 Å². The molecule has 0 saturated carbocycles. The molecule has 0 radical (unpaired) electrons. The van der Waals surface area contributed by atoms with E-state index in [0.29, 0.717) is 12.3 Å². The summed E-state index contributed by atoms with van der Waals surface area (Å²) in [5, 5.41) is 6.78. The van der Waals surface area contributed by atoms with Crippen molar-refractivity contribution in [2.24, 2.45) is 4.99 Å². The zero-order valence-electron chi connectivity index (χ0n) is 19.0. The van der Waals surface area contributed by atoms with Gasteiger partial charge in [0, 0.05) is 45.8 Å². The summed E-state index contributed by atoms with van der Waals surface area (Å²) in [6, 6.07) is 7.70. The molecule has 8 heteroatoms. The van der Waals surface area contributed by atoms with E-state index in [9.17, 15) is 4.79 Å². The molecule has 1 heterocycles. The van der Waals surface area contributed by atoms with Crippen LogP contribution in [0, 0.1) is 0 Å². The first kappa shape index (κ1) is 24.0. The predicted octanol–water partition coefficient (Wildman–Crippen LogP) is 1.32. The maximum absolute atomic E-state index is 11.7. The summed E-state index contributed by atoms with van der Waals surface area (Å²) in [5.41, 5.74) is 1.03. The summed E-state index contributed by atoms with van der Waals surface area (Å²) >= 11 is 0. The Morgan fingerprint density at radius 3 is 2.67 bits per heavy atom. The number of morpholine rings is 1. The van der Waals surface area contributed by atoms with Gasteiger partial charge in [0.1, 0.15) is 5.75 Å². The number of ether oxygens (including phenoxy) is 2. The van der Waals surface area contributed by atoms with E-state index in [1.165, 1.54) is 4.90 Å². The molecule has 1 aromatic carbocycles. The number of likely N-dealkylation sites (N-methyl/N-ethyl adjacent to an activating group) is 1. The third kappa shape index (κ3) is 7.84. The van der Waals surface area contributed by atoms with Crippen LogP contribution < -0.4 is 15.4 Å². The van der Waals surface area contributed by atoms with E-state index >= 15 is 0 Å². The van der Waals surface area contributed by atoms with Gasteiger partial charge >= 0.3 is 0 Å². The molecular weight excluding hydrogens is 382 g/mol. The summed E-state index contributed by atoms with van der Waals surface area (Å²) in [4.78, 5) is 20.4. The number of nitrogens with zero attached hydrogens (tertiary/aromatic N) is 3. The molecule has 168 valence electrons. The standard InChI is InChI=1S/C22H37N5O3/c1-6-23-21(25-17-22(2,3)27-10-12-29-13-11-27)24-15-18-8-7-9-19(14-18)30-16-20(28)26(4)5/h7-9,14H,6,10-13,15-17H2,1-5H3,(H2,23,24,25). The molecular formula is C22H37N5O3. The molecule has 0 spiro atoms. The highest BCUT2D eigenvalue weighted by atomic mass is 16.5. The Bertz CT molecular complexity index is 700. The van der Waals surface area contributed by atoms with Crippen molar-refractivity contribution in [3.63, 3.8) is 0 Å². The first-order valence-electron chi connectivity index (χ1n) is 10.6. The van der Waals surface area contributed by atoms with Gasteiger partial charge in [-0.05, 0) is 38.5 Å². The SMILES string of the molecule is CCNC(=NCc1cccc(OCC(=O)N(C)C)c1)NCC(C)(C)N1CCOCC1. The van der Waals surface area contributed by atoms with E-state index in [1.807, 2.05) is 24.3 Å². The minimum atomic E-state index is -0.0695. The van der Waals surface area contributed by atoms with Crippen LogP contribution in [0.1, 0.15) is 26.3 Å². The van der Waals surface area contributed by atoms with Gasteiger partial charge < -0.3 is 25.0 Å². The minimum absolute atomic E-state index is 0.00665. The van der Waals surface area contributed by atoms with E-state index in [2.05, 4.69) is 36.3 Å². The second kappa shape index (κ2) is 11.8. The Labute approximate surface area is 180 Å². The van der Waals surface area contributed by atoms with Gasteiger partial charge in [-0.1, -0.05) is 12.1 Å². The Balaban J connectivity index is 1.93. The van der Waals surface area contributed by atoms with Gasteiger partial charge in [-0.2, -0.15) is 0 Å². The van der Waals surface area contributed by atoms with Gasteiger partial charge in [0.2, 0.25) is 0 Å². The van der Waals surface area contributed by atoms with E-state index in [4.69, 9.17) is 14.5 Å². The number of benzene rings is 1. The average molecular weight is 420 g/mol. The van der Waals surface area contributed by atoms with Crippen LogP contribution in [0.25, 0.3) is 0 Å². The highest BCUT2D eigenvalue weighted by Gasteiger charge is 2.28. The number of hydrogen-bond donors (Lipinski definition) is 2. The highest BCUT2D eigenvalue weighted by molar-refractivity contribution is 5.79. The van der Waals surface area contributed by atoms with Crippen molar-refractivity contribution in [3.05, 3.63) is 29.8 Å². The molecule has 2 N–H and O–H groups in total. The van der Waals surface area contributed by atoms with Gasteiger partial charge in [0.15, 0.2) is 12.6 Å². The van der Waals surface area contributed by atoms with E-state index in [1.54, 1.807) is 14.1 Å². The van der Waals surface area contributed by atoms with Gasteiger partial charge in [0.25, 0.3) is 5.91 Å². The zero-order chi connectivity index (χ0) is 22.0. The lowest BCUT2D eigenvalue weighted by Gasteiger charge is -2.41. The molecule has 30 heavy (non-hydrogen) atoms. The van der Waals surface area contributed by atoms with Gasteiger partial charge in [-0.3, -0.25) is 9.69 Å². The minimum Gasteiger partial charge on any atom is -0.484 e. The lowest BCUT2D eigenvalue weighted by molar-refractivity contribution is -0.130. The van der Waals surface area contributed by atoms with Crippen molar-refractivity contribution in [1.29, 1.82) is 0 Å². The lowest BCUT2D eigenvalue weighted by atomic mass is 10.0. The molecule has 0 unspecified atom stereocenters. The number of carbonyl (C=O) groups excluding carboxylic acids is 1. The van der Waals surface area contributed by atoms with Crippen LogP contribution in [0.15, 0.2) is 29.3 Å². The second-order valence-electron chi connectivity index (χ2n) is 8.18. The largest absolute Gasteiger partial charge is 0.484 e. The molecule has 1 amide bonds. The predicted molar refractivity (Wildman–Crippen MR) is 120 cm³/mol. The third-order valence-electron chi connectivity index (χ3n) is 5.08. The van der Waals surface area contributed by atoms with Crippen LogP contribution in [-0.4, -0.2) is 87.3 Å². The van der Waals surface area contributed by atoms with Crippen LogP contribution in [0.2, 0.25) is 0 Å². The summed E-state index contributed by atoms with van der Waals surface area (Å²) in [6.45, 7) is 12.1. The van der Waals surface area contributed by atoms with Gasteiger partial charge in [0.05, 0.1) is 19.8 Å². The Morgan fingerprint density at radius 1 is 1.27 bits per heavy atom. The maximum atomic E-state index is 11.7. The molecule has 0 bridgehead atoms. The maximum Gasteiger partial charge on any atom is 0.259 e. The molecule has 1 saturated heterocycles. The van der Waals surface area contributed by atoms with E-state index in [0.717, 1.165) is 50.9 Å². The Morgan fingerprint density at radius 2 is 2.00 bits per heavy atom. The quantitative estimate of drug-likeness (QED) is 0.464. The second-order valence-corrected chi connectivity index (χ2v) is 8.18. The van der Waals surface area contributed by atoms with Crippen molar-refractivity contribution in [2.75, 3.05) is 60.1 Å². The smallest absolute Gasteiger partial charge is 0.259 e. The first-order chi connectivity index (χ1) is 14.3. The molecule has 1 fully saturated rings. The Kier molecular flexibility index (Phi) is 9.39. The third-order valence-corrected chi connectivity index (χ3v) is 5.08. The zero-order valence-corrected chi connectivity index (χ0v) is 19.0. The molecule has 2 rings (SSSR count). The van der Waals surface area contributed by atoms with Gasteiger partial charge in [-0.15, -0.1) is 0 Å². The average Bonchev–Trinajstić information content (AvgIpc) is 2.75. The molecule has 1 aliphatic heterocycles. The first-order valence-corrected chi connectivity index (χ1v) is 10.6. The van der Waals surface area contributed by atoms with Crippen LogP contribution in [-0.2, 0) is 16.1 Å². The number of guanidine groups is 1. The van der Waals surface area contributed by atoms with Crippen LogP contribution in [0.5, 0.6) is 5.75 Å². The molecule has 0 atom stereocenters. The summed E-state index contributed by atoms with van der Waals surface area (Å²) in [5.74, 6) is 1.39. The summed E-state index contributed by atoms with van der Waals surface area (Å²) in [6.07, 6.45) is 0. The number of nitrogens with one attached hydrogen (secondary N) is 2. The number of carbonyl (C=O) groups is 1. The van der Waals surface area contributed by atoms with Crippen LogP contribution in [0.4, 0.5) is 0 Å². The molecule has 8 nitrogen and oxygen atoms in total. The van der Waals surface area contributed by atoms with Crippen molar-refractivity contribution in [1.82, 2.24) is 20.4 Å². The van der Waals surface area contributed by atoms with Crippen LogP contribution in [0.3, 0.4) is 0 Å². The van der Waals surface area contributed by atoms with Crippen LogP contribution >= 0.6 is 0 Å². The van der Waals surface area contributed by atoms with Crippen molar-refractivity contribution >= 4 is 11.9 Å². The fraction of sp³-hybridized carbons (Fsp3) is 0.636. The number of amides is 1. The van der Waals surface area contributed by atoms with E-state index in [-0.39, 0.29) is 18.1 Å². The fourth-order valence-electron chi connectivity index (χ4n) is 3.10. The highest BCUT2D eigenvalue weighted by Crippen LogP contribution is 2.16.